The fourth-order valence-corrected chi connectivity index (χ4v) is 5.23. The molecule has 0 aromatic carbocycles. The average Bonchev–Trinajstić information content (AvgIpc) is 3.14. The van der Waals surface area contributed by atoms with Crippen LogP contribution in [0.1, 0.15) is 51.9 Å². The van der Waals surface area contributed by atoms with E-state index in [1.807, 2.05) is 0 Å². The van der Waals surface area contributed by atoms with Crippen molar-refractivity contribution in [3.05, 3.63) is 11.3 Å². The molecule has 0 saturated carbocycles. The van der Waals surface area contributed by atoms with Gasteiger partial charge in [0, 0.05) is 43.7 Å². The van der Waals surface area contributed by atoms with Crippen molar-refractivity contribution in [2.75, 3.05) is 50.5 Å². The van der Waals surface area contributed by atoms with Crippen LogP contribution in [0.2, 0.25) is 0 Å². The number of aromatic nitrogens is 3. The van der Waals surface area contributed by atoms with Crippen LogP contribution < -0.4 is 10.6 Å². The second-order valence-electron chi connectivity index (χ2n) is 8.28. The number of ether oxygens (including phenoxy) is 1. The van der Waals surface area contributed by atoms with Crippen molar-refractivity contribution < 1.29 is 4.74 Å². The second-order valence-corrected chi connectivity index (χ2v) is 9.34. The lowest BCUT2D eigenvalue weighted by atomic mass is 9.91. The molecular formula is C21H36N6OS. The molecule has 1 unspecified atom stereocenters. The highest BCUT2D eigenvalue weighted by atomic mass is 32.2. The van der Waals surface area contributed by atoms with Gasteiger partial charge in [-0.15, -0.1) is 5.10 Å². The van der Waals surface area contributed by atoms with Crippen molar-refractivity contribution in [1.82, 2.24) is 25.0 Å². The second kappa shape index (κ2) is 10.8. The van der Waals surface area contributed by atoms with Gasteiger partial charge in [-0.2, -0.15) is 4.98 Å². The van der Waals surface area contributed by atoms with Gasteiger partial charge in [0.2, 0.25) is 11.1 Å². The Labute approximate surface area is 179 Å². The highest BCUT2D eigenvalue weighted by Crippen LogP contribution is 2.32. The van der Waals surface area contributed by atoms with Crippen LogP contribution in [0, 0.1) is 0 Å². The summed E-state index contributed by atoms with van der Waals surface area (Å²) in [6.07, 6.45) is 8.78. The Morgan fingerprint density at radius 3 is 3.00 bits per heavy atom. The molecule has 0 amide bonds. The number of hydrogen-bond acceptors (Lipinski definition) is 7. The maximum Gasteiger partial charge on any atom is 0.226 e. The summed E-state index contributed by atoms with van der Waals surface area (Å²) in [6.45, 7) is 9.11. The smallest absolute Gasteiger partial charge is 0.226 e. The Bertz CT molecular complexity index is 685. The van der Waals surface area contributed by atoms with Gasteiger partial charge in [-0.1, -0.05) is 37.9 Å². The lowest BCUT2D eigenvalue weighted by molar-refractivity contribution is 0.0382. The Balaban J connectivity index is 1.28. The van der Waals surface area contributed by atoms with Crippen LogP contribution in [0.25, 0.3) is 0 Å². The number of fused-ring (bicyclic) bond motifs is 1. The van der Waals surface area contributed by atoms with Crippen molar-refractivity contribution in [1.29, 1.82) is 0 Å². The van der Waals surface area contributed by atoms with E-state index in [-0.39, 0.29) is 0 Å². The molecule has 0 spiro atoms. The third-order valence-electron chi connectivity index (χ3n) is 6.09. The third kappa shape index (κ3) is 5.75. The molecular weight excluding hydrogens is 384 g/mol. The van der Waals surface area contributed by atoms with Gasteiger partial charge < -0.3 is 15.4 Å². The molecule has 1 aromatic heterocycles. The standard InChI is InChI=1S/C21H36N6OS/c1-2-3-4-5-15-29-21-24-20-23-19-17(16-27(20)25-21)7-6-8-18(19)22-9-10-26-11-13-28-14-12-26/h18,22H,2-16H2,1H3,(H,23,24,25). The first-order valence-corrected chi connectivity index (χ1v) is 12.4. The minimum Gasteiger partial charge on any atom is -0.379 e. The van der Waals surface area contributed by atoms with Crippen molar-refractivity contribution in [3.8, 4) is 0 Å². The number of rotatable bonds is 10. The lowest BCUT2D eigenvalue weighted by Crippen LogP contribution is -2.45. The molecule has 1 fully saturated rings. The minimum absolute atomic E-state index is 0.412. The number of allylic oxidation sites excluding steroid dienone is 1. The summed E-state index contributed by atoms with van der Waals surface area (Å²) < 4.78 is 7.51. The molecule has 29 heavy (non-hydrogen) atoms. The Hall–Kier alpha value is -1.09. The number of hydrogen-bond donors (Lipinski definition) is 2. The van der Waals surface area contributed by atoms with Crippen molar-refractivity contribution in [3.63, 3.8) is 0 Å². The summed E-state index contributed by atoms with van der Waals surface area (Å²) in [4.78, 5) is 7.26. The van der Waals surface area contributed by atoms with Gasteiger partial charge in [0.15, 0.2) is 0 Å². The number of nitrogens with one attached hydrogen (secondary N) is 2. The number of unbranched alkanes of at least 4 members (excludes halogenated alkanes) is 3. The molecule has 7 nitrogen and oxygen atoms in total. The van der Waals surface area contributed by atoms with Gasteiger partial charge in [0.25, 0.3) is 0 Å². The van der Waals surface area contributed by atoms with E-state index in [1.165, 1.54) is 56.2 Å². The van der Waals surface area contributed by atoms with E-state index in [9.17, 15) is 0 Å². The first-order valence-electron chi connectivity index (χ1n) is 11.4. The third-order valence-corrected chi connectivity index (χ3v) is 7.02. The quantitative estimate of drug-likeness (QED) is 0.445. The van der Waals surface area contributed by atoms with Crippen molar-refractivity contribution in [2.45, 2.75) is 69.6 Å². The molecule has 2 N–H and O–H groups in total. The molecule has 0 bridgehead atoms. The Kier molecular flexibility index (Phi) is 7.87. The van der Waals surface area contributed by atoms with Crippen LogP contribution >= 0.6 is 11.8 Å². The van der Waals surface area contributed by atoms with E-state index >= 15 is 0 Å². The van der Waals surface area contributed by atoms with Crippen LogP contribution in [0.4, 0.5) is 5.95 Å². The van der Waals surface area contributed by atoms with E-state index < -0.39 is 0 Å². The highest BCUT2D eigenvalue weighted by Gasteiger charge is 2.29. The van der Waals surface area contributed by atoms with Gasteiger partial charge >= 0.3 is 0 Å². The van der Waals surface area contributed by atoms with Gasteiger partial charge in [-0.05, 0) is 31.3 Å². The molecule has 1 aliphatic carbocycles. The molecule has 162 valence electrons. The predicted octanol–water partition coefficient (Wildman–Crippen LogP) is 3.10. The maximum atomic E-state index is 5.45. The Morgan fingerprint density at radius 1 is 1.24 bits per heavy atom. The van der Waals surface area contributed by atoms with Crippen LogP contribution in [-0.2, 0) is 11.3 Å². The molecule has 3 heterocycles. The van der Waals surface area contributed by atoms with Gasteiger partial charge in [0.1, 0.15) is 0 Å². The monoisotopic (exact) mass is 420 g/mol. The molecule has 2 aliphatic heterocycles. The van der Waals surface area contributed by atoms with Crippen LogP contribution in [0.5, 0.6) is 0 Å². The Morgan fingerprint density at radius 2 is 2.14 bits per heavy atom. The number of anilines is 1. The maximum absolute atomic E-state index is 5.45. The van der Waals surface area contributed by atoms with Crippen LogP contribution in [0.15, 0.2) is 16.4 Å². The molecule has 0 radical (unpaired) electrons. The van der Waals surface area contributed by atoms with Gasteiger partial charge in [-0.3, -0.25) is 4.90 Å². The summed E-state index contributed by atoms with van der Waals surface area (Å²) in [5.74, 6) is 2.03. The zero-order valence-electron chi connectivity index (χ0n) is 17.8. The molecule has 4 rings (SSSR count). The largest absolute Gasteiger partial charge is 0.379 e. The van der Waals surface area contributed by atoms with E-state index in [4.69, 9.17) is 14.8 Å². The number of morpholine rings is 1. The van der Waals surface area contributed by atoms with E-state index in [0.29, 0.717) is 6.04 Å². The van der Waals surface area contributed by atoms with Crippen molar-refractivity contribution in [2.24, 2.45) is 0 Å². The predicted molar refractivity (Wildman–Crippen MR) is 118 cm³/mol. The first-order chi connectivity index (χ1) is 14.3. The summed E-state index contributed by atoms with van der Waals surface area (Å²) in [5, 5.41) is 13.1. The van der Waals surface area contributed by atoms with Crippen LogP contribution in [0.3, 0.4) is 0 Å². The normalized spacial score (nSPS) is 22.3. The lowest BCUT2D eigenvalue weighted by Gasteiger charge is -2.34. The molecule has 1 saturated heterocycles. The van der Waals surface area contributed by atoms with E-state index in [0.717, 1.165) is 62.8 Å². The minimum atomic E-state index is 0.412. The molecule has 1 aromatic rings. The number of thioether (sulfide) groups is 1. The molecule has 8 heteroatoms. The molecule has 1 atom stereocenters. The first kappa shape index (κ1) is 21.2. The zero-order valence-corrected chi connectivity index (χ0v) is 18.6. The zero-order chi connectivity index (χ0) is 19.9. The fourth-order valence-electron chi connectivity index (χ4n) is 4.39. The number of nitrogens with zero attached hydrogens (tertiary/aromatic N) is 4. The molecule has 3 aliphatic rings. The summed E-state index contributed by atoms with van der Waals surface area (Å²) >= 11 is 1.80. The van der Waals surface area contributed by atoms with E-state index in [1.54, 1.807) is 11.8 Å². The SMILES string of the molecule is CCCCCCSc1nc2n(n1)CC1=C(N2)C(NCCN2CCOCC2)CCC1. The van der Waals surface area contributed by atoms with Crippen LogP contribution in [-0.4, -0.2) is 70.9 Å². The van der Waals surface area contributed by atoms with E-state index in [2.05, 4.69) is 27.1 Å². The summed E-state index contributed by atoms with van der Waals surface area (Å²) in [6, 6.07) is 0.412. The summed E-state index contributed by atoms with van der Waals surface area (Å²) in [5.41, 5.74) is 2.86. The average molecular weight is 421 g/mol. The topological polar surface area (TPSA) is 67.2 Å². The van der Waals surface area contributed by atoms with Gasteiger partial charge in [0.05, 0.1) is 19.8 Å². The van der Waals surface area contributed by atoms with Crippen molar-refractivity contribution >= 4 is 17.7 Å². The van der Waals surface area contributed by atoms with Gasteiger partial charge in [-0.25, -0.2) is 4.68 Å². The highest BCUT2D eigenvalue weighted by molar-refractivity contribution is 7.99. The fraction of sp³-hybridized carbons (Fsp3) is 0.810. The summed E-state index contributed by atoms with van der Waals surface area (Å²) in [7, 11) is 0.